The van der Waals surface area contributed by atoms with Crippen molar-refractivity contribution in [3.05, 3.63) is 54.6 Å². The van der Waals surface area contributed by atoms with Crippen molar-refractivity contribution in [2.75, 3.05) is 68.5 Å². The van der Waals surface area contributed by atoms with E-state index in [-0.39, 0.29) is 11.7 Å². The Balaban J connectivity index is 1.08. The van der Waals surface area contributed by atoms with Crippen molar-refractivity contribution >= 4 is 29.0 Å². The third-order valence-electron chi connectivity index (χ3n) is 7.48. The van der Waals surface area contributed by atoms with Gasteiger partial charge in [0.15, 0.2) is 0 Å². The molecule has 1 amide bonds. The molecule has 0 aliphatic carbocycles. The summed E-state index contributed by atoms with van der Waals surface area (Å²) in [5.74, 6) is 0.479. The number of carbonyl (C=O) groups excluding carboxylic acids is 1. The van der Waals surface area contributed by atoms with E-state index >= 15 is 4.39 Å². The Morgan fingerprint density at radius 3 is 2.68 bits per heavy atom. The number of anilines is 4. The van der Waals surface area contributed by atoms with Gasteiger partial charge in [-0.3, -0.25) is 14.6 Å². The Kier molecular flexibility index (Phi) is 6.88. The number of pyridine rings is 1. The average Bonchev–Trinajstić information content (AvgIpc) is 3.50. The molecule has 1 aromatic carbocycles. The number of hydrogen-bond donors (Lipinski definition) is 2. The number of nitrogens with zero attached hydrogens (tertiary/aromatic N) is 6. The van der Waals surface area contributed by atoms with Gasteiger partial charge in [-0.05, 0) is 49.9 Å². The smallest absolute Gasteiger partial charge is 0.239 e. The summed E-state index contributed by atoms with van der Waals surface area (Å²) in [4.78, 5) is 32.1. The number of halogens is 1. The highest BCUT2D eigenvalue weighted by molar-refractivity contribution is 5.91. The van der Waals surface area contributed by atoms with Crippen LogP contribution in [0.3, 0.4) is 0 Å². The minimum absolute atomic E-state index is 0.108. The Bertz CT molecular complexity index is 1300. The Morgan fingerprint density at radius 2 is 1.97 bits per heavy atom. The first-order valence-corrected chi connectivity index (χ1v) is 12.9. The van der Waals surface area contributed by atoms with Crippen LogP contribution >= 0.6 is 0 Å². The number of amides is 1. The predicted octanol–water partition coefficient (Wildman–Crippen LogP) is 2.58. The Hall–Kier alpha value is -3.67. The van der Waals surface area contributed by atoms with E-state index in [2.05, 4.69) is 47.3 Å². The standard InChI is InChI=1S/C27H31FN8O2/c1-34-15-21-13-20(34)16-36(21)24-4-3-19(12-22(24)28)31-27-29-7-6-23(32-27)18-2-5-25(30-14-18)33-26(37)17-35-8-10-38-11-9-35/h2-7,12,14,20-21H,8-11,13,15-17H2,1H3,(H,29,31,32)(H,30,33,37). The Morgan fingerprint density at radius 1 is 1.11 bits per heavy atom. The highest BCUT2D eigenvalue weighted by atomic mass is 19.1. The summed E-state index contributed by atoms with van der Waals surface area (Å²) in [6.45, 7) is 4.94. The van der Waals surface area contributed by atoms with E-state index in [1.807, 2.05) is 18.2 Å². The quantitative estimate of drug-likeness (QED) is 0.489. The molecule has 6 rings (SSSR count). The normalized spacial score (nSPS) is 21.6. The molecule has 38 heavy (non-hydrogen) atoms. The molecule has 11 heteroatoms. The van der Waals surface area contributed by atoms with Gasteiger partial charge in [0, 0.05) is 61.9 Å². The first kappa shape index (κ1) is 24.7. The molecule has 0 spiro atoms. The first-order valence-electron chi connectivity index (χ1n) is 12.9. The molecular weight excluding hydrogens is 487 g/mol. The number of morpholine rings is 1. The molecule has 2 atom stereocenters. The molecule has 10 nitrogen and oxygen atoms in total. The number of fused-ring (bicyclic) bond motifs is 2. The monoisotopic (exact) mass is 518 g/mol. The second-order valence-electron chi connectivity index (χ2n) is 10.1. The van der Waals surface area contributed by atoms with Gasteiger partial charge in [0.25, 0.3) is 0 Å². The van der Waals surface area contributed by atoms with Gasteiger partial charge in [0.05, 0.1) is 31.1 Å². The summed E-state index contributed by atoms with van der Waals surface area (Å²) in [5, 5.41) is 5.94. The summed E-state index contributed by atoms with van der Waals surface area (Å²) in [5.41, 5.74) is 2.67. The fourth-order valence-corrected chi connectivity index (χ4v) is 5.45. The maximum absolute atomic E-state index is 15.0. The van der Waals surface area contributed by atoms with Crippen LogP contribution in [0.5, 0.6) is 0 Å². The topological polar surface area (TPSA) is 98.8 Å². The van der Waals surface area contributed by atoms with E-state index in [9.17, 15) is 4.79 Å². The number of piperazine rings is 1. The van der Waals surface area contributed by atoms with Gasteiger partial charge in [-0.2, -0.15) is 0 Å². The van der Waals surface area contributed by atoms with E-state index in [4.69, 9.17) is 4.74 Å². The lowest BCUT2D eigenvalue weighted by Gasteiger charge is -2.33. The number of hydrogen-bond acceptors (Lipinski definition) is 9. The fraction of sp³-hybridized carbons (Fsp3) is 0.407. The van der Waals surface area contributed by atoms with Crippen LogP contribution in [-0.4, -0.2) is 95.7 Å². The molecule has 3 aromatic rings. The third-order valence-corrected chi connectivity index (χ3v) is 7.48. The molecule has 3 aliphatic rings. The number of nitrogens with one attached hydrogen (secondary N) is 2. The average molecular weight is 519 g/mol. The van der Waals surface area contributed by atoms with E-state index in [1.54, 1.807) is 24.5 Å². The molecule has 3 aliphatic heterocycles. The van der Waals surface area contributed by atoms with Crippen molar-refractivity contribution in [2.24, 2.45) is 0 Å². The lowest BCUT2D eigenvalue weighted by molar-refractivity contribution is -0.118. The summed E-state index contributed by atoms with van der Waals surface area (Å²) in [6.07, 6.45) is 4.39. The Labute approximate surface area is 220 Å². The number of ether oxygens (including phenoxy) is 1. The zero-order valence-corrected chi connectivity index (χ0v) is 21.3. The molecule has 3 fully saturated rings. The van der Waals surface area contributed by atoms with Crippen LogP contribution < -0.4 is 15.5 Å². The lowest BCUT2D eigenvalue weighted by Crippen LogP contribution is -2.44. The fourth-order valence-electron chi connectivity index (χ4n) is 5.45. The van der Waals surface area contributed by atoms with Crippen LogP contribution in [0.4, 0.5) is 27.5 Å². The largest absolute Gasteiger partial charge is 0.379 e. The van der Waals surface area contributed by atoms with Crippen molar-refractivity contribution in [3.8, 4) is 11.3 Å². The molecule has 2 bridgehead atoms. The van der Waals surface area contributed by atoms with E-state index < -0.39 is 0 Å². The number of likely N-dealkylation sites (N-methyl/N-ethyl adjacent to an activating group) is 1. The van der Waals surface area contributed by atoms with E-state index in [1.165, 1.54) is 6.07 Å². The van der Waals surface area contributed by atoms with Gasteiger partial charge in [0.1, 0.15) is 11.6 Å². The number of benzene rings is 1. The molecule has 2 aromatic heterocycles. The molecule has 0 radical (unpaired) electrons. The van der Waals surface area contributed by atoms with Crippen LogP contribution in [-0.2, 0) is 9.53 Å². The van der Waals surface area contributed by atoms with Crippen molar-refractivity contribution in [3.63, 3.8) is 0 Å². The van der Waals surface area contributed by atoms with Crippen LogP contribution in [0.25, 0.3) is 11.3 Å². The minimum Gasteiger partial charge on any atom is -0.379 e. The summed E-state index contributed by atoms with van der Waals surface area (Å²) in [6, 6.07) is 11.4. The summed E-state index contributed by atoms with van der Waals surface area (Å²) in [7, 11) is 2.13. The SMILES string of the molecule is CN1CC2CC1CN2c1ccc(Nc2nccc(-c3ccc(NC(=O)CN4CCOCC4)nc3)n2)cc1F. The summed E-state index contributed by atoms with van der Waals surface area (Å²) < 4.78 is 20.4. The maximum atomic E-state index is 15.0. The second-order valence-corrected chi connectivity index (χ2v) is 10.1. The van der Waals surface area contributed by atoms with Crippen LogP contribution in [0, 0.1) is 5.82 Å². The van der Waals surface area contributed by atoms with E-state index in [0.717, 1.165) is 38.2 Å². The van der Waals surface area contributed by atoms with Crippen LogP contribution in [0.2, 0.25) is 0 Å². The molecule has 198 valence electrons. The molecule has 0 saturated carbocycles. The second kappa shape index (κ2) is 10.6. The summed E-state index contributed by atoms with van der Waals surface area (Å²) >= 11 is 0. The molecule has 2 unspecified atom stereocenters. The van der Waals surface area contributed by atoms with Crippen LogP contribution in [0.15, 0.2) is 48.8 Å². The van der Waals surface area contributed by atoms with Gasteiger partial charge in [-0.25, -0.2) is 19.3 Å². The van der Waals surface area contributed by atoms with Crippen molar-refractivity contribution < 1.29 is 13.9 Å². The number of rotatable bonds is 7. The predicted molar refractivity (Wildman–Crippen MR) is 143 cm³/mol. The molecule has 2 N–H and O–H groups in total. The molecule has 5 heterocycles. The maximum Gasteiger partial charge on any atom is 0.239 e. The van der Waals surface area contributed by atoms with Gasteiger partial charge < -0.3 is 20.3 Å². The van der Waals surface area contributed by atoms with Gasteiger partial charge in [-0.1, -0.05) is 0 Å². The zero-order valence-electron chi connectivity index (χ0n) is 21.3. The van der Waals surface area contributed by atoms with Crippen LogP contribution in [0.1, 0.15) is 6.42 Å². The number of likely N-dealkylation sites (tertiary alicyclic amines) is 1. The number of carbonyl (C=O) groups is 1. The minimum atomic E-state index is -0.253. The molecular formula is C27H31FN8O2. The van der Waals surface area contributed by atoms with Crippen molar-refractivity contribution in [1.82, 2.24) is 24.8 Å². The number of aromatic nitrogens is 3. The lowest BCUT2D eigenvalue weighted by atomic mass is 10.2. The van der Waals surface area contributed by atoms with Gasteiger partial charge in [-0.15, -0.1) is 0 Å². The zero-order chi connectivity index (χ0) is 26.1. The van der Waals surface area contributed by atoms with Gasteiger partial charge >= 0.3 is 0 Å². The van der Waals surface area contributed by atoms with Gasteiger partial charge in [0.2, 0.25) is 11.9 Å². The molecule has 3 saturated heterocycles. The first-order chi connectivity index (χ1) is 18.5. The third kappa shape index (κ3) is 5.31. The van der Waals surface area contributed by atoms with Crippen molar-refractivity contribution in [2.45, 2.75) is 18.5 Å². The highest BCUT2D eigenvalue weighted by Gasteiger charge is 2.42. The van der Waals surface area contributed by atoms with E-state index in [0.29, 0.717) is 60.7 Å². The highest BCUT2D eigenvalue weighted by Crippen LogP contribution is 2.35. The van der Waals surface area contributed by atoms with Crippen molar-refractivity contribution in [1.29, 1.82) is 0 Å².